The largest absolute Gasteiger partial charge is 0.351 e. The molecular weight excluding hydrogens is 474 g/mol. The number of rotatable bonds is 7. The van der Waals surface area contributed by atoms with Crippen LogP contribution in [0.4, 0.5) is 5.13 Å². The Bertz CT molecular complexity index is 1230. The summed E-state index contributed by atoms with van der Waals surface area (Å²) in [6.45, 7) is 0.362. The van der Waals surface area contributed by atoms with Gasteiger partial charge >= 0.3 is 5.69 Å². The van der Waals surface area contributed by atoms with Crippen molar-refractivity contribution in [2.45, 2.75) is 25.3 Å². The lowest BCUT2D eigenvalue weighted by Gasteiger charge is -2.32. The second-order valence-corrected chi connectivity index (χ2v) is 11.4. The van der Waals surface area contributed by atoms with Gasteiger partial charge in [0, 0.05) is 44.7 Å². The molecule has 14 heteroatoms. The Morgan fingerprint density at radius 3 is 2.78 bits per heavy atom. The standard InChI is InChI=1S/C18H23N7O4S3/c1-22(2)32(28,29)23-8-3-5-13(11-23)16-21-24(12-14(26)20-17-19-7-10-31-17)18(27)25(16)15-6-4-9-30-15/h4,6-7,9-10,13H,3,5,8,11-12H2,1-2H3,(H,19,20,26). The van der Waals surface area contributed by atoms with E-state index in [2.05, 4.69) is 15.4 Å². The third-order valence-corrected chi connectivity index (χ3v) is 8.55. The Hall–Kier alpha value is -2.39. The molecule has 1 atom stereocenters. The molecule has 0 aromatic carbocycles. The second kappa shape index (κ2) is 9.23. The van der Waals surface area contributed by atoms with Crippen molar-refractivity contribution in [3.8, 4) is 5.00 Å². The van der Waals surface area contributed by atoms with Gasteiger partial charge in [-0.05, 0) is 30.4 Å². The number of hydrogen-bond acceptors (Lipinski definition) is 8. The van der Waals surface area contributed by atoms with E-state index in [0.29, 0.717) is 35.3 Å². The predicted molar refractivity (Wildman–Crippen MR) is 123 cm³/mol. The predicted octanol–water partition coefficient (Wildman–Crippen LogP) is 1.18. The molecule has 3 aromatic rings. The molecule has 0 spiro atoms. The van der Waals surface area contributed by atoms with Crippen LogP contribution in [0.2, 0.25) is 0 Å². The number of thiophene rings is 1. The first-order valence-electron chi connectivity index (χ1n) is 9.88. The normalized spacial score (nSPS) is 17.7. The number of hydrogen-bond donors (Lipinski definition) is 1. The highest BCUT2D eigenvalue weighted by Crippen LogP contribution is 2.29. The van der Waals surface area contributed by atoms with Crippen LogP contribution in [0.1, 0.15) is 24.6 Å². The van der Waals surface area contributed by atoms with Crippen molar-refractivity contribution in [2.75, 3.05) is 32.5 Å². The fourth-order valence-corrected chi connectivity index (χ4v) is 6.04. The first kappa shape index (κ1) is 22.8. The Morgan fingerprint density at radius 1 is 1.31 bits per heavy atom. The summed E-state index contributed by atoms with van der Waals surface area (Å²) in [5, 5.41) is 11.8. The van der Waals surface area contributed by atoms with E-state index in [-0.39, 0.29) is 19.0 Å². The molecule has 4 rings (SSSR count). The van der Waals surface area contributed by atoms with E-state index in [4.69, 9.17) is 0 Å². The van der Waals surface area contributed by atoms with Gasteiger partial charge in [0.1, 0.15) is 17.4 Å². The minimum absolute atomic E-state index is 0.216. The van der Waals surface area contributed by atoms with Crippen molar-refractivity contribution in [3.05, 3.63) is 45.4 Å². The van der Waals surface area contributed by atoms with E-state index < -0.39 is 21.8 Å². The van der Waals surface area contributed by atoms with Crippen molar-refractivity contribution in [1.29, 1.82) is 0 Å². The van der Waals surface area contributed by atoms with Crippen LogP contribution in [-0.2, 0) is 21.5 Å². The summed E-state index contributed by atoms with van der Waals surface area (Å²) in [6, 6.07) is 3.63. The van der Waals surface area contributed by atoms with Gasteiger partial charge in [0.25, 0.3) is 10.2 Å². The fourth-order valence-electron chi connectivity index (χ4n) is 3.57. The van der Waals surface area contributed by atoms with Crippen LogP contribution in [0.25, 0.3) is 5.00 Å². The lowest BCUT2D eigenvalue weighted by atomic mass is 9.99. The number of thiazole rings is 1. The molecule has 1 aliphatic heterocycles. The Balaban J connectivity index is 1.66. The molecule has 172 valence electrons. The van der Waals surface area contributed by atoms with Gasteiger partial charge in [-0.1, -0.05) is 0 Å². The molecule has 0 aliphatic carbocycles. The monoisotopic (exact) mass is 497 g/mol. The summed E-state index contributed by atoms with van der Waals surface area (Å²) in [5.74, 6) is -0.236. The van der Waals surface area contributed by atoms with Crippen LogP contribution >= 0.6 is 22.7 Å². The number of amides is 1. The quantitative estimate of drug-likeness (QED) is 0.523. The zero-order chi connectivity index (χ0) is 22.9. The number of anilines is 1. The molecule has 0 radical (unpaired) electrons. The molecule has 1 fully saturated rings. The van der Waals surface area contributed by atoms with Crippen molar-refractivity contribution in [2.24, 2.45) is 0 Å². The first-order chi connectivity index (χ1) is 15.3. The van der Waals surface area contributed by atoms with E-state index >= 15 is 0 Å². The van der Waals surface area contributed by atoms with E-state index in [0.717, 1.165) is 4.68 Å². The van der Waals surface area contributed by atoms with E-state index in [9.17, 15) is 18.0 Å². The number of carbonyl (C=O) groups is 1. The molecule has 0 saturated carbocycles. The minimum Gasteiger partial charge on any atom is -0.300 e. The first-order valence-corrected chi connectivity index (χ1v) is 13.0. The molecule has 3 aromatic heterocycles. The van der Waals surface area contributed by atoms with Gasteiger partial charge in [-0.25, -0.2) is 19.0 Å². The Morgan fingerprint density at radius 2 is 2.12 bits per heavy atom. The van der Waals surface area contributed by atoms with Gasteiger partial charge in [-0.15, -0.1) is 22.7 Å². The molecule has 1 amide bonds. The van der Waals surface area contributed by atoms with Crippen LogP contribution in [-0.4, -0.2) is 69.5 Å². The highest BCUT2D eigenvalue weighted by atomic mass is 32.2. The second-order valence-electron chi connectivity index (χ2n) is 7.46. The van der Waals surface area contributed by atoms with Gasteiger partial charge in [-0.2, -0.15) is 22.1 Å². The average Bonchev–Trinajstić information content (AvgIpc) is 3.51. The zero-order valence-corrected chi connectivity index (χ0v) is 20.0. The third-order valence-electron chi connectivity index (χ3n) is 5.10. The van der Waals surface area contributed by atoms with Crippen molar-refractivity contribution >= 4 is 43.9 Å². The molecular formula is C18H23N7O4S3. The van der Waals surface area contributed by atoms with Gasteiger partial charge in [0.15, 0.2) is 5.13 Å². The van der Waals surface area contributed by atoms with Crippen LogP contribution in [0.5, 0.6) is 0 Å². The number of piperidine rings is 1. The number of carbonyl (C=O) groups excluding carboxylic acids is 1. The Labute approximate surface area is 193 Å². The lowest BCUT2D eigenvalue weighted by molar-refractivity contribution is -0.117. The molecule has 0 bridgehead atoms. The number of nitrogens with one attached hydrogen (secondary N) is 1. The summed E-state index contributed by atoms with van der Waals surface area (Å²) in [7, 11) is -0.589. The number of nitrogens with zero attached hydrogens (tertiary/aromatic N) is 6. The summed E-state index contributed by atoms with van der Waals surface area (Å²) >= 11 is 2.66. The third kappa shape index (κ3) is 4.54. The minimum atomic E-state index is -3.58. The van der Waals surface area contributed by atoms with Crippen molar-refractivity contribution < 1.29 is 13.2 Å². The van der Waals surface area contributed by atoms with E-state index in [1.54, 1.807) is 17.6 Å². The van der Waals surface area contributed by atoms with E-state index in [1.807, 2.05) is 11.4 Å². The van der Waals surface area contributed by atoms with Crippen LogP contribution < -0.4 is 11.0 Å². The highest BCUT2D eigenvalue weighted by molar-refractivity contribution is 7.86. The maximum atomic E-state index is 13.2. The van der Waals surface area contributed by atoms with Crippen LogP contribution in [0, 0.1) is 0 Å². The molecule has 4 heterocycles. The summed E-state index contributed by atoms with van der Waals surface area (Å²) < 4.78 is 30.5. The average molecular weight is 498 g/mol. The smallest absolute Gasteiger partial charge is 0.300 e. The highest BCUT2D eigenvalue weighted by Gasteiger charge is 2.34. The summed E-state index contributed by atoms with van der Waals surface area (Å²) in [6.07, 6.45) is 2.91. The number of aromatic nitrogens is 4. The van der Waals surface area contributed by atoms with E-state index in [1.165, 1.54) is 49.9 Å². The SMILES string of the molecule is CN(C)S(=O)(=O)N1CCCC(c2nn(CC(=O)Nc3nccs3)c(=O)n2-c2cccs2)C1. The fraction of sp³-hybridized carbons (Fsp3) is 0.444. The summed E-state index contributed by atoms with van der Waals surface area (Å²) in [5.41, 5.74) is -0.440. The van der Waals surface area contributed by atoms with Crippen molar-refractivity contribution in [1.82, 2.24) is 27.9 Å². The van der Waals surface area contributed by atoms with Gasteiger partial charge in [0.05, 0.1) is 0 Å². The van der Waals surface area contributed by atoms with Gasteiger partial charge in [0.2, 0.25) is 5.91 Å². The molecule has 11 nitrogen and oxygen atoms in total. The maximum absolute atomic E-state index is 13.2. The lowest BCUT2D eigenvalue weighted by Crippen LogP contribution is -2.45. The van der Waals surface area contributed by atoms with Crippen LogP contribution in [0.3, 0.4) is 0 Å². The maximum Gasteiger partial charge on any atom is 0.351 e. The summed E-state index contributed by atoms with van der Waals surface area (Å²) in [4.78, 5) is 29.6. The van der Waals surface area contributed by atoms with Crippen molar-refractivity contribution in [3.63, 3.8) is 0 Å². The Kier molecular flexibility index (Phi) is 6.57. The molecule has 1 aliphatic rings. The molecule has 1 N–H and O–H groups in total. The van der Waals surface area contributed by atoms with Gasteiger partial charge in [-0.3, -0.25) is 4.79 Å². The molecule has 1 unspecified atom stereocenters. The zero-order valence-electron chi connectivity index (χ0n) is 17.5. The van der Waals surface area contributed by atoms with Crippen LogP contribution in [0.15, 0.2) is 33.9 Å². The van der Waals surface area contributed by atoms with Gasteiger partial charge < -0.3 is 5.32 Å². The molecule has 1 saturated heterocycles. The topological polar surface area (TPSA) is 122 Å². The molecule has 32 heavy (non-hydrogen) atoms.